The van der Waals surface area contributed by atoms with Gasteiger partial charge in [0.05, 0.1) is 14.2 Å². The minimum absolute atomic E-state index is 0.0539. The van der Waals surface area contributed by atoms with Crippen molar-refractivity contribution in [2.24, 2.45) is 0 Å². The number of fused-ring (bicyclic) bond motifs is 1. The van der Waals surface area contributed by atoms with Gasteiger partial charge in [0.15, 0.2) is 11.5 Å². The highest BCUT2D eigenvalue weighted by molar-refractivity contribution is 9.10. The third-order valence-electron chi connectivity index (χ3n) is 4.17. The number of amides is 1. The van der Waals surface area contributed by atoms with E-state index in [0.717, 1.165) is 22.0 Å². The summed E-state index contributed by atoms with van der Waals surface area (Å²) in [5, 5.41) is 0. The molecule has 24 heavy (non-hydrogen) atoms. The highest BCUT2D eigenvalue weighted by atomic mass is 79.9. The van der Waals surface area contributed by atoms with Crippen molar-refractivity contribution in [1.29, 1.82) is 0 Å². The fourth-order valence-corrected chi connectivity index (χ4v) is 3.31. The average Bonchev–Trinajstić information content (AvgIpc) is 2.60. The van der Waals surface area contributed by atoms with Crippen molar-refractivity contribution in [1.82, 2.24) is 4.90 Å². The molecule has 1 aliphatic heterocycles. The average molecular weight is 388 g/mol. The molecule has 0 saturated carbocycles. The van der Waals surface area contributed by atoms with Crippen LogP contribution in [0.1, 0.15) is 21.5 Å². The zero-order chi connectivity index (χ0) is 17.3. The first kappa shape index (κ1) is 16.6. The number of nitrogens with zero attached hydrogens (tertiary/aromatic N) is 1. The molecule has 124 valence electrons. The Bertz CT molecular complexity index is 816. The van der Waals surface area contributed by atoms with E-state index in [1.165, 1.54) is 0 Å². The first-order valence-corrected chi connectivity index (χ1v) is 8.36. The van der Waals surface area contributed by atoms with Crippen LogP contribution >= 0.6 is 15.9 Å². The Balaban J connectivity index is 1.96. The molecule has 0 radical (unpaired) electrons. The molecule has 0 atom stereocenters. The fraction of sp³-hybridized carbons (Fsp3) is 0.211. The van der Waals surface area contributed by atoms with Gasteiger partial charge in [-0.25, -0.2) is 0 Å². The van der Waals surface area contributed by atoms with Gasteiger partial charge in [0.25, 0.3) is 5.91 Å². The molecule has 2 aromatic rings. The minimum atomic E-state index is -0.0539. The summed E-state index contributed by atoms with van der Waals surface area (Å²) in [5.41, 5.74) is 3.34. The first-order chi connectivity index (χ1) is 11.5. The fourth-order valence-electron chi connectivity index (χ4n) is 2.91. The maximum atomic E-state index is 12.8. The summed E-state index contributed by atoms with van der Waals surface area (Å²) >= 11 is 3.41. The van der Waals surface area contributed by atoms with E-state index >= 15 is 0 Å². The number of rotatable bonds is 3. The lowest BCUT2D eigenvalue weighted by Crippen LogP contribution is -2.34. The zero-order valence-corrected chi connectivity index (χ0v) is 15.2. The van der Waals surface area contributed by atoms with Crippen LogP contribution < -0.4 is 9.47 Å². The molecule has 4 nitrogen and oxygen atoms in total. The van der Waals surface area contributed by atoms with Crippen LogP contribution in [-0.2, 0) is 6.42 Å². The van der Waals surface area contributed by atoms with Crippen LogP contribution in [0.3, 0.4) is 0 Å². The third kappa shape index (κ3) is 2.91. The highest BCUT2D eigenvalue weighted by Crippen LogP contribution is 2.37. The van der Waals surface area contributed by atoms with Gasteiger partial charge in [-0.3, -0.25) is 4.79 Å². The standard InChI is InChI=1S/C19H18BrNO3/c1-12-16-11-18(24-3)17(23-2)10-13(16)7-8-21(12)19(22)14-5-4-6-15(20)9-14/h4-6,9-11H,1,7-8H2,2-3H3. The Morgan fingerprint density at radius 1 is 1.17 bits per heavy atom. The Morgan fingerprint density at radius 2 is 1.88 bits per heavy atom. The molecule has 0 unspecified atom stereocenters. The monoisotopic (exact) mass is 387 g/mol. The van der Waals surface area contributed by atoms with Crippen molar-refractivity contribution in [3.8, 4) is 11.5 Å². The summed E-state index contributed by atoms with van der Waals surface area (Å²) in [4.78, 5) is 14.6. The number of methoxy groups -OCH3 is 2. The van der Waals surface area contributed by atoms with Gasteiger partial charge in [0, 0.05) is 27.8 Å². The van der Waals surface area contributed by atoms with Crippen LogP contribution in [0.15, 0.2) is 47.4 Å². The molecule has 3 rings (SSSR count). The number of carbonyl (C=O) groups is 1. The van der Waals surface area contributed by atoms with Crippen LogP contribution in [0.25, 0.3) is 5.70 Å². The SMILES string of the molecule is C=C1c2cc(OC)c(OC)cc2CCN1C(=O)c1cccc(Br)c1. The van der Waals surface area contributed by atoms with Crippen molar-refractivity contribution in [3.05, 3.63) is 64.1 Å². The summed E-state index contributed by atoms with van der Waals surface area (Å²) < 4.78 is 11.6. The minimum Gasteiger partial charge on any atom is -0.493 e. The van der Waals surface area contributed by atoms with Crippen LogP contribution in [0.4, 0.5) is 0 Å². The van der Waals surface area contributed by atoms with E-state index in [9.17, 15) is 4.79 Å². The number of halogens is 1. The maximum absolute atomic E-state index is 12.8. The topological polar surface area (TPSA) is 38.8 Å². The normalized spacial score (nSPS) is 13.5. The molecule has 0 fully saturated rings. The van der Waals surface area contributed by atoms with Crippen LogP contribution in [-0.4, -0.2) is 31.6 Å². The van der Waals surface area contributed by atoms with E-state index in [-0.39, 0.29) is 5.91 Å². The largest absolute Gasteiger partial charge is 0.493 e. The lowest BCUT2D eigenvalue weighted by atomic mass is 9.95. The lowest BCUT2D eigenvalue weighted by molar-refractivity contribution is 0.0833. The third-order valence-corrected chi connectivity index (χ3v) is 4.66. The van der Waals surface area contributed by atoms with Crippen molar-refractivity contribution < 1.29 is 14.3 Å². The van der Waals surface area contributed by atoms with Crippen LogP contribution in [0.5, 0.6) is 11.5 Å². The van der Waals surface area contributed by atoms with E-state index in [4.69, 9.17) is 9.47 Å². The van der Waals surface area contributed by atoms with Gasteiger partial charge >= 0.3 is 0 Å². The summed E-state index contributed by atoms with van der Waals surface area (Å²) in [6.07, 6.45) is 0.744. The molecule has 0 spiro atoms. The molecular formula is C19H18BrNO3. The van der Waals surface area contributed by atoms with Gasteiger partial charge in [0.2, 0.25) is 0 Å². The van der Waals surface area contributed by atoms with E-state index in [0.29, 0.717) is 29.3 Å². The zero-order valence-electron chi connectivity index (χ0n) is 13.6. The summed E-state index contributed by atoms with van der Waals surface area (Å²) in [7, 11) is 3.21. The Hall–Kier alpha value is -2.27. The Labute approximate surface area is 149 Å². The van der Waals surface area contributed by atoms with Gasteiger partial charge in [0.1, 0.15) is 0 Å². The quantitative estimate of drug-likeness (QED) is 0.794. The van der Waals surface area contributed by atoms with Crippen molar-refractivity contribution >= 4 is 27.5 Å². The second-order valence-corrected chi connectivity index (χ2v) is 6.44. The number of ether oxygens (including phenoxy) is 2. The summed E-state index contributed by atoms with van der Waals surface area (Å²) in [6.45, 7) is 4.72. The van der Waals surface area contributed by atoms with E-state index in [2.05, 4.69) is 22.5 Å². The van der Waals surface area contributed by atoms with E-state index in [1.807, 2.05) is 36.4 Å². The maximum Gasteiger partial charge on any atom is 0.258 e. The van der Waals surface area contributed by atoms with Gasteiger partial charge < -0.3 is 14.4 Å². The number of benzene rings is 2. The number of hydrogen-bond donors (Lipinski definition) is 0. The van der Waals surface area contributed by atoms with E-state index < -0.39 is 0 Å². The lowest BCUT2D eigenvalue weighted by Gasteiger charge is -2.31. The first-order valence-electron chi connectivity index (χ1n) is 7.56. The molecular weight excluding hydrogens is 370 g/mol. The molecule has 1 heterocycles. The predicted octanol–water partition coefficient (Wildman–Crippen LogP) is 4.14. The molecule has 0 saturated heterocycles. The molecule has 1 aliphatic rings. The molecule has 0 aromatic heterocycles. The Morgan fingerprint density at radius 3 is 2.54 bits per heavy atom. The molecule has 2 aromatic carbocycles. The van der Waals surface area contributed by atoms with Crippen molar-refractivity contribution in [2.75, 3.05) is 20.8 Å². The summed E-state index contributed by atoms with van der Waals surface area (Å²) in [6, 6.07) is 11.2. The smallest absolute Gasteiger partial charge is 0.258 e. The van der Waals surface area contributed by atoms with Gasteiger partial charge in [-0.15, -0.1) is 0 Å². The van der Waals surface area contributed by atoms with Crippen molar-refractivity contribution in [3.63, 3.8) is 0 Å². The van der Waals surface area contributed by atoms with E-state index in [1.54, 1.807) is 19.1 Å². The van der Waals surface area contributed by atoms with Gasteiger partial charge in [-0.2, -0.15) is 0 Å². The molecule has 5 heteroatoms. The molecule has 0 aliphatic carbocycles. The molecule has 1 amide bonds. The van der Waals surface area contributed by atoms with Gasteiger partial charge in [-0.1, -0.05) is 28.6 Å². The predicted molar refractivity (Wildman–Crippen MR) is 97.5 cm³/mol. The number of hydrogen-bond acceptors (Lipinski definition) is 3. The molecule has 0 bridgehead atoms. The van der Waals surface area contributed by atoms with Crippen LogP contribution in [0.2, 0.25) is 0 Å². The second-order valence-electron chi connectivity index (χ2n) is 5.53. The van der Waals surface area contributed by atoms with Crippen LogP contribution in [0, 0.1) is 0 Å². The molecule has 0 N–H and O–H groups in total. The van der Waals surface area contributed by atoms with Gasteiger partial charge in [-0.05, 0) is 42.3 Å². The Kier molecular flexibility index (Phi) is 4.62. The second kappa shape index (κ2) is 6.69. The van der Waals surface area contributed by atoms with Crippen molar-refractivity contribution in [2.45, 2.75) is 6.42 Å². The number of carbonyl (C=O) groups excluding carboxylic acids is 1. The summed E-state index contributed by atoms with van der Waals surface area (Å²) in [5.74, 6) is 1.27. The highest BCUT2D eigenvalue weighted by Gasteiger charge is 2.27.